The summed E-state index contributed by atoms with van der Waals surface area (Å²) in [5.41, 5.74) is 3.22. The Hall–Kier alpha value is -2.50. The summed E-state index contributed by atoms with van der Waals surface area (Å²) in [5.74, 6) is 0.922. The van der Waals surface area contributed by atoms with Crippen LogP contribution in [-0.4, -0.2) is 34.9 Å². The van der Waals surface area contributed by atoms with Crippen molar-refractivity contribution in [1.29, 1.82) is 0 Å². The van der Waals surface area contributed by atoms with Gasteiger partial charge in [-0.05, 0) is 30.0 Å². The first-order chi connectivity index (χ1) is 12.9. The maximum absolute atomic E-state index is 5.30. The van der Waals surface area contributed by atoms with Gasteiger partial charge in [0.1, 0.15) is 18.0 Å². The second-order valence-electron chi connectivity index (χ2n) is 6.68. The first kappa shape index (κ1) is 15.7. The van der Waals surface area contributed by atoms with Gasteiger partial charge in [-0.15, -0.1) is 11.3 Å². The van der Waals surface area contributed by atoms with Crippen LogP contribution >= 0.6 is 11.3 Å². The van der Waals surface area contributed by atoms with Gasteiger partial charge in [0.25, 0.3) is 0 Å². The van der Waals surface area contributed by atoms with Gasteiger partial charge in [-0.1, -0.05) is 36.4 Å². The molecular weight excluding hydrogens is 340 g/mol. The van der Waals surface area contributed by atoms with E-state index >= 15 is 0 Å². The fourth-order valence-electron chi connectivity index (χ4n) is 3.62. The van der Waals surface area contributed by atoms with Gasteiger partial charge in [0.05, 0.1) is 5.71 Å². The van der Waals surface area contributed by atoms with E-state index in [2.05, 4.69) is 63.0 Å². The summed E-state index contributed by atoms with van der Waals surface area (Å²) in [5, 5.41) is 5.84. The zero-order chi connectivity index (χ0) is 17.3. The van der Waals surface area contributed by atoms with Gasteiger partial charge in [-0.2, -0.15) is 0 Å². The maximum atomic E-state index is 5.30. The molecule has 5 heteroatoms. The second kappa shape index (κ2) is 6.67. The molecule has 1 saturated heterocycles. The van der Waals surface area contributed by atoms with Crippen LogP contribution in [0.5, 0.6) is 0 Å². The summed E-state index contributed by atoms with van der Waals surface area (Å²) in [6.45, 7) is 2.22. The largest absolute Gasteiger partial charge is 0.352 e. The van der Waals surface area contributed by atoms with Crippen LogP contribution in [0.15, 0.2) is 71.2 Å². The number of nitrogens with one attached hydrogen (secondary N) is 1. The van der Waals surface area contributed by atoms with Crippen LogP contribution in [0.25, 0.3) is 0 Å². The fraction of sp³-hybridized carbons (Fsp3) is 0.238. The lowest BCUT2D eigenvalue weighted by Gasteiger charge is -2.40. The van der Waals surface area contributed by atoms with E-state index in [-0.39, 0.29) is 12.2 Å². The number of nitrogens with zero attached hydrogens (tertiary/aromatic N) is 3. The number of thiophene rings is 1. The van der Waals surface area contributed by atoms with Crippen molar-refractivity contribution in [3.63, 3.8) is 0 Å². The molecule has 2 aromatic heterocycles. The monoisotopic (exact) mass is 360 g/mol. The highest BCUT2D eigenvalue weighted by Gasteiger charge is 2.36. The Labute approximate surface area is 157 Å². The normalized spacial score (nSPS) is 22.5. The van der Waals surface area contributed by atoms with E-state index in [0.29, 0.717) is 0 Å². The highest BCUT2D eigenvalue weighted by molar-refractivity contribution is 7.10. The molecule has 2 atom stereocenters. The van der Waals surface area contributed by atoms with E-state index in [1.54, 1.807) is 11.3 Å². The SMILES string of the molecule is c1ccc(C2=NC(c3cccs3)C(N3CCC3)Nc3ncccc32)cc1. The fourth-order valence-corrected chi connectivity index (χ4v) is 4.42. The molecule has 5 rings (SSSR count). The number of aliphatic imine (C=N–C) groups is 1. The Kier molecular flexibility index (Phi) is 4.03. The minimum absolute atomic E-state index is 0.0553. The van der Waals surface area contributed by atoms with Crippen LogP contribution in [0.3, 0.4) is 0 Å². The van der Waals surface area contributed by atoms with Crippen molar-refractivity contribution in [3.8, 4) is 0 Å². The third-order valence-corrected chi connectivity index (χ3v) is 6.02. The van der Waals surface area contributed by atoms with Crippen LogP contribution in [-0.2, 0) is 0 Å². The summed E-state index contributed by atoms with van der Waals surface area (Å²) in [6, 6.07) is 18.9. The highest BCUT2D eigenvalue weighted by atomic mass is 32.1. The average Bonchev–Trinajstić information content (AvgIpc) is 3.11. The number of rotatable bonds is 3. The first-order valence-electron chi connectivity index (χ1n) is 9.03. The first-order valence-corrected chi connectivity index (χ1v) is 9.91. The van der Waals surface area contributed by atoms with Crippen LogP contribution in [0.2, 0.25) is 0 Å². The molecule has 0 bridgehead atoms. The van der Waals surface area contributed by atoms with Gasteiger partial charge in [0, 0.05) is 35.3 Å². The lowest BCUT2D eigenvalue weighted by Crippen LogP contribution is -2.51. The van der Waals surface area contributed by atoms with E-state index in [0.717, 1.165) is 35.7 Å². The van der Waals surface area contributed by atoms with Gasteiger partial charge in [0.15, 0.2) is 0 Å². The topological polar surface area (TPSA) is 40.5 Å². The van der Waals surface area contributed by atoms with Crippen LogP contribution in [0.4, 0.5) is 5.82 Å². The zero-order valence-corrected chi connectivity index (χ0v) is 15.2. The highest BCUT2D eigenvalue weighted by Crippen LogP contribution is 2.36. The predicted molar refractivity (Wildman–Crippen MR) is 107 cm³/mol. The molecular formula is C21H20N4S. The van der Waals surface area contributed by atoms with Gasteiger partial charge < -0.3 is 5.32 Å². The van der Waals surface area contributed by atoms with E-state index in [1.165, 1.54) is 11.3 Å². The minimum atomic E-state index is 0.0553. The number of fused-ring (bicyclic) bond motifs is 1. The Balaban J connectivity index is 1.69. The van der Waals surface area contributed by atoms with E-state index < -0.39 is 0 Å². The number of anilines is 1. The molecule has 1 N–H and O–H groups in total. The zero-order valence-electron chi connectivity index (χ0n) is 14.4. The Bertz CT molecular complexity index is 916. The van der Waals surface area contributed by atoms with Crippen LogP contribution in [0, 0.1) is 0 Å². The van der Waals surface area contributed by atoms with Gasteiger partial charge >= 0.3 is 0 Å². The molecule has 0 amide bonds. The van der Waals surface area contributed by atoms with E-state index in [4.69, 9.17) is 4.99 Å². The number of benzene rings is 1. The standard InChI is InChI=1S/C21H20N4S/c1-2-7-15(8-3-1)18-16-9-4-11-22-20(16)24-21(25-12-6-13-25)19(23-18)17-10-5-14-26-17/h1-5,7-11,14,19,21H,6,12-13H2,(H,22,24). The molecule has 0 saturated carbocycles. The number of hydrogen-bond acceptors (Lipinski definition) is 5. The van der Waals surface area contributed by atoms with Crippen LogP contribution < -0.4 is 5.32 Å². The van der Waals surface area contributed by atoms with Crippen molar-refractivity contribution in [1.82, 2.24) is 9.88 Å². The molecule has 0 aliphatic carbocycles. The molecule has 2 unspecified atom stereocenters. The van der Waals surface area contributed by atoms with Crippen molar-refractivity contribution < 1.29 is 0 Å². The van der Waals surface area contributed by atoms with Crippen molar-refractivity contribution in [2.45, 2.75) is 18.6 Å². The number of likely N-dealkylation sites (tertiary alicyclic amines) is 1. The molecule has 0 radical (unpaired) electrons. The average molecular weight is 360 g/mol. The van der Waals surface area contributed by atoms with Crippen molar-refractivity contribution in [2.24, 2.45) is 4.99 Å². The Morgan fingerprint density at radius 1 is 1.00 bits per heavy atom. The number of pyridine rings is 1. The smallest absolute Gasteiger partial charge is 0.136 e. The Morgan fingerprint density at radius 2 is 1.88 bits per heavy atom. The molecule has 3 aromatic rings. The summed E-state index contributed by atoms with van der Waals surface area (Å²) >= 11 is 1.78. The molecule has 1 fully saturated rings. The van der Waals surface area contributed by atoms with Gasteiger partial charge in [-0.3, -0.25) is 9.89 Å². The molecule has 2 aliphatic rings. The molecule has 4 nitrogen and oxygen atoms in total. The third-order valence-electron chi connectivity index (χ3n) is 5.08. The third kappa shape index (κ3) is 2.73. The van der Waals surface area contributed by atoms with E-state index in [9.17, 15) is 0 Å². The van der Waals surface area contributed by atoms with Crippen molar-refractivity contribution in [2.75, 3.05) is 18.4 Å². The number of hydrogen-bond donors (Lipinski definition) is 1. The molecule has 2 aliphatic heterocycles. The summed E-state index contributed by atoms with van der Waals surface area (Å²) in [6.07, 6.45) is 3.24. The summed E-state index contributed by atoms with van der Waals surface area (Å²) in [4.78, 5) is 13.7. The molecule has 1 aromatic carbocycles. The summed E-state index contributed by atoms with van der Waals surface area (Å²) in [7, 11) is 0. The lowest BCUT2D eigenvalue weighted by molar-refractivity contribution is 0.118. The van der Waals surface area contributed by atoms with Crippen molar-refractivity contribution >= 4 is 22.9 Å². The van der Waals surface area contributed by atoms with E-state index in [1.807, 2.05) is 18.3 Å². The molecule has 130 valence electrons. The molecule has 4 heterocycles. The quantitative estimate of drug-likeness (QED) is 0.762. The van der Waals surface area contributed by atoms with Crippen LogP contribution in [0.1, 0.15) is 28.5 Å². The number of aromatic nitrogens is 1. The minimum Gasteiger partial charge on any atom is -0.352 e. The predicted octanol–water partition coefficient (Wildman–Crippen LogP) is 4.18. The molecule has 26 heavy (non-hydrogen) atoms. The lowest BCUT2D eigenvalue weighted by atomic mass is 10.0. The maximum Gasteiger partial charge on any atom is 0.136 e. The Morgan fingerprint density at radius 3 is 2.62 bits per heavy atom. The van der Waals surface area contributed by atoms with Crippen molar-refractivity contribution in [3.05, 3.63) is 82.2 Å². The van der Waals surface area contributed by atoms with Gasteiger partial charge in [-0.25, -0.2) is 4.98 Å². The molecule has 0 spiro atoms. The van der Waals surface area contributed by atoms with Gasteiger partial charge in [0.2, 0.25) is 0 Å². The second-order valence-corrected chi connectivity index (χ2v) is 7.66. The summed E-state index contributed by atoms with van der Waals surface area (Å²) < 4.78 is 0.